The van der Waals surface area contributed by atoms with Crippen LogP contribution in [-0.2, 0) is 9.53 Å². The summed E-state index contributed by atoms with van der Waals surface area (Å²) in [7, 11) is 0. The van der Waals surface area contributed by atoms with E-state index >= 15 is 0 Å². The van der Waals surface area contributed by atoms with Gasteiger partial charge < -0.3 is 10.1 Å². The standard InChI is InChI=1S/C17H14ClN3O3S3/c1-2-24-16(23)15-12(20-14(22)8-25-17-21-19-9-26-17)7-13(27-15)10-3-5-11(18)6-4-10/h3-7,9H,2,8H2,1H3,(H,20,22). The predicted molar refractivity (Wildman–Crippen MR) is 110 cm³/mol. The zero-order chi connectivity index (χ0) is 19.2. The molecular formula is C17H14ClN3O3S3. The minimum absolute atomic E-state index is 0.170. The number of amides is 1. The van der Waals surface area contributed by atoms with Crippen LogP contribution in [-0.4, -0.2) is 34.4 Å². The fraction of sp³-hybridized carbons (Fsp3) is 0.176. The molecule has 3 aromatic rings. The Morgan fingerprint density at radius 3 is 2.74 bits per heavy atom. The van der Waals surface area contributed by atoms with E-state index in [1.807, 2.05) is 12.1 Å². The molecular weight excluding hydrogens is 426 g/mol. The number of nitrogens with zero attached hydrogens (tertiary/aromatic N) is 2. The molecule has 0 fully saturated rings. The number of halogens is 1. The van der Waals surface area contributed by atoms with Gasteiger partial charge >= 0.3 is 5.97 Å². The molecule has 3 rings (SSSR count). The van der Waals surface area contributed by atoms with Gasteiger partial charge in [-0.25, -0.2) is 4.79 Å². The smallest absolute Gasteiger partial charge is 0.350 e. The number of benzene rings is 1. The van der Waals surface area contributed by atoms with Crippen LogP contribution in [0.15, 0.2) is 40.2 Å². The third-order valence-electron chi connectivity index (χ3n) is 3.26. The molecule has 0 aliphatic rings. The van der Waals surface area contributed by atoms with Crippen LogP contribution in [0, 0.1) is 0 Å². The largest absolute Gasteiger partial charge is 0.462 e. The Morgan fingerprint density at radius 1 is 1.30 bits per heavy atom. The molecule has 2 aromatic heterocycles. The summed E-state index contributed by atoms with van der Waals surface area (Å²) < 4.78 is 5.83. The van der Waals surface area contributed by atoms with Crippen LogP contribution in [0.2, 0.25) is 5.02 Å². The van der Waals surface area contributed by atoms with E-state index in [4.69, 9.17) is 16.3 Å². The van der Waals surface area contributed by atoms with Crippen molar-refractivity contribution in [2.24, 2.45) is 0 Å². The van der Waals surface area contributed by atoms with Crippen molar-refractivity contribution in [2.45, 2.75) is 11.3 Å². The molecule has 27 heavy (non-hydrogen) atoms. The summed E-state index contributed by atoms with van der Waals surface area (Å²) in [5, 5.41) is 11.0. The van der Waals surface area contributed by atoms with Crippen LogP contribution in [0.4, 0.5) is 5.69 Å². The first-order valence-electron chi connectivity index (χ1n) is 7.82. The van der Waals surface area contributed by atoms with Crippen molar-refractivity contribution in [1.29, 1.82) is 0 Å². The van der Waals surface area contributed by atoms with Crippen LogP contribution >= 0.6 is 46.0 Å². The number of carbonyl (C=O) groups excluding carboxylic acids is 2. The first-order valence-corrected chi connectivity index (χ1v) is 10.9. The van der Waals surface area contributed by atoms with E-state index in [2.05, 4.69) is 15.5 Å². The van der Waals surface area contributed by atoms with Crippen molar-refractivity contribution in [3.05, 3.63) is 45.7 Å². The van der Waals surface area contributed by atoms with Gasteiger partial charge in [-0.1, -0.05) is 46.8 Å². The molecule has 1 N–H and O–H groups in total. The number of anilines is 1. The summed E-state index contributed by atoms with van der Waals surface area (Å²) in [4.78, 5) is 25.8. The van der Waals surface area contributed by atoms with Crippen LogP contribution in [0.25, 0.3) is 10.4 Å². The van der Waals surface area contributed by atoms with E-state index < -0.39 is 5.97 Å². The normalized spacial score (nSPS) is 10.6. The summed E-state index contributed by atoms with van der Waals surface area (Å²) in [6.07, 6.45) is 0. The van der Waals surface area contributed by atoms with E-state index in [0.717, 1.165) is 10.4 Å². The van der Waals surface area contributed by atoms with Crippen molar-refractivity contribution in [1.82, 2.24) is 10.2 Å². The fourth-order valence-electron chi connectivity index (χ4n) is 2.13. The van der Waals surface area contributed by atoms with Gasteiger partial charge in [-0.3, -0.25) is 4.79 Å². The van der Waals surface area contributed by atoms with Gasteiger partial charge in [0, 0.05) is 9.90 Å². The average Bonchev–Trinajstić information content (AvgIpc) is 3.31. The molecule has 2 heterocycles. The number of thiophene rings is 1. The summed E-state index contributed by atoms with van der Waals surface area (Å²) >= 11 is 9.85. The molecule has 0 bridgehead atoms. The van der Waals surface area contributed by atoms with E-state index in [1.165, 1.54) is 34.4 Å². The summed E-state index contributed by atoms with van der Waals surface area (Å²) in [6, 6.07) is 9.04. The zero-order valence-electron chi connectivity index (χ0n) is 14.1. The molecule has 0 spiro atoms. The third kappa shape index (κ3) is 5.29. The SMILES string of the molecule is CCOC(=O)c1sc(-c2ccc(Cl)cc2)cc1NC(=O)CSc1nncs1. The quantitative estimate of drug-likeness (QED) is 0.419. The van der Waals surface area contributed by atoms with Crippen molar-refractivity contribution in [2.75, 3.05) is 17.7 Å². The number of carbonyl (C=O) groups is 2. The first kappa shape index (κ1) is 19.8. The average molecular weight is 440 g/mol. The summed E-state index contributed by atoms with van der Waals surface area (Å²) in [6.45, 7) is 2.00. The zero-order valence-corrected chi connectivity index (χ0v) is 17.3. The van der Waals surface area contributed by atoms with Crippen LogP contribution in [0.1, 0.15) is 16.6 Å². The second-order valence-corrected chi connectivity index (χ2v) is 8.67. The Hall–Kier alpha value is -1.94. The lowest BCUT2D eigenvalue weighted by molar-refractivity contribution is -0.113. The molecule has 6 nitrogen and oxygen atoms in total. The maximum Gasteiger partial charge on any atom is 0.350 e. The van der Waals surface area contributed by atoms with Gasteiger partial charge in [0.2, 0.25) is 5.91 Å². The molecule has 140 valence electrons. The van der Waals surface area contributed by atoms with Gasteiger partial charge in [0.25, 0.3) is 0 Å². The summed E-state index contributed by atoms with van der Waals surface area (Å²) in [5.74, 6) is -0.528. The molecule has 1 amide bonds. The number of rotatable bonds is 7. The lowest BCUT2D eigenvalue weighted by atomic mass is 10.2. The number of aromatic nitrogens is 2. The van der Waals surface area contributed by atoms with Gasteiger partial charge in [-0.05, 0) is 30.7 Å². The number of thioether (sulfide) groups is 1. The minimum atomic E-state index is -0.463. The maximum absolute atomic E-state index is 12.3. The molecule has 0 aliphatic carbocycles. The predicted octanol–water partition coefficient (Wildman–Crippen LogP) is 4.83. The Labute approximate surface area is 172 Å². The van der Waals surface area contributed by atoms with Gasteiger partial charge in [-0.15, -0.1) is 21.5 Å². The lowest BCUT2D eigenvalue weighted by Gasteiger charge is -2.05. The second kappa shape index (κ2) is 9.32. The van der Waals surface area contributed by atoms with Crippen molar-refractivity contribution in [3.8, 4) is 10.4 Å². The van der Waals surface area contributed by atoms with E-state index in [-0.39, 0.29) is 18.3 Å². The van der Waals surface area contributed by atoms with Crippen LogP contribution in [0.3, 0.4) is 0 Å². The molecule has 0 unspecified atom stereocenters. The van der Waals surface area contributed by atoms with Gasteiger partial charge in [0.15, 0.2) is 4.34 Å². The number of esters is 1. The Balaban J connectivity index is 1.79. The highest BCUT2D eigenvalue weighted by Gasteiger charge is 2.20. The highest BCUT2D eigenvalue weighted by atomic mass is 35.5. The molecule has 0 atom stereocenters. The highest BCUT2D eigenvalue weighted by Crippen LogP contribution is 2.36. The Morgan fingerprint density at radius 2 is 2.07 bits per heavy atom. The number of ether oxygens (including phenoxy) is 1. The maximum atomic E-state index is 12.3. The highest BCUT2D eigenvalue weighted by molar-refractivity contribution is 8.01. The minimum Gasteiger partial charge on any atom is -0.462 e. The van der Waals surface area contributed by atoms with E-state index in [0.29, 0.717) is 19.9 Å². The van der Waals surface area contributed by atoms with Gasteiger partial charge in [0.05, 0.1) is 18.0 Å². The number of hydrogen-bond donors (Lipinski definition) is 1. The number of nitrogens with one attached hydrogen (secondary N) is 1. The molecule has 0 saturated carbocycles. The van der Waals surface area contributed by atoms with Gasteiger partial charge in [-0.2, -0.15) is 0 Å². The second-order valence-electron chi connectivity index (χ2n) is 5.12. The molecule has 10 heteroatoms. The third-order valence-corrected chi connectivity index (χ3v) is 6.54. The topological polar surface area (TPSA) is 81.2 Å². The monoisotopic (exact) mass is 439 g/mol. The summed E-state index contributed by atoms with van der Waals surface area (Å²) in [5.41, 5.74) is 2.95. The van der Waals surface area contributed by atoms with Crippen molar-refractivity contribution >= 4 is 63.6 Å². The van der Waals surface area contributed by atoms with Gasteiger partial charge in [0.1, 0.15) is 10.4 Å². The van der Waals surface area contributed by atoms with Crippen molar-refractivity contribution in [3.63, 3.8) is 0 Å². The Bertz CT molecular complexity index is 927. The van der Waals surface area contributed by atoms with E-state index in [9.17, 15) is 9.59 Å². The van der Waals surface area contributed by atoms with Crippen LogP contribution < -0.4 is 5.32 Å². The molecule has 0 radical (unpaired) electrons. The molecule has 0 saturated heterocycles. The molecule has 0 aliphatic heterocycles. The van der Waals surface area contributed by atoms with Crippen molar-refractivity contribution < 1.29 is 14.3 Å². The number of hydrogen-bond acceptors (Lipinski definition) is 8. The lowest BCUT2D eigenvalue weighted by Crippen LogP contribution is -2.16. The van der Waals surface area contributed by atoms with E-state index in [1.54, 1.807) is 30.6 Å². The first-order chi connectivity index (χ1) is 13.1. The Kier molecular flexibility index (Phi) is 6.84. The van der Waals surface area contributed by atoms with Crippen LogP contribution in [0.5, 0.6) is 0 Å². The molecule has 1 aromatic carbocycles. The fourth-order valence-corrected chi connectivity index (χ4v) is 4.56.